The van der Waals surface area contributed by atoms with Gasteiger partial charge >= 0.3 is 0 Å². The minimum absolute atomic E-state index is 0. The standard InChI is InChI=1S/C40H29BN3O.Pt/c1-43-25-26-44(29-43)33-18-12-17-32(27-33)41-37-20-9-8-19-35(37)40(30-13-4-2-5-14-30,31-15-6-3-7-16-31)36-23-22-34(28-38(36)41)45-39-21-10-11-24-42-39;/h2-26,29H,1H3;/q-3;. The third-order valence-electron chi connectivity index (χ3n) is 8.74. The topological polar surface area (TPSA) is 28.6 Å². The van der Waals surface area contributed by atoms with E-state index in [1.165, 1.54) is 27.7 Å². The Morgan fingerprint density at radius 2 is 1.41 bits per heavy atom. The predicted octanol–water partition coefficient (Wildman–Crippen LogP) is 6.03. The van der Waals surface area contributed by atoms with Gasteiger partial charge in [-0.2, -0.15) is 47.9 Å². The van der Waals surface area contributed by atoms with Crippen LogP contribution in [0.4, 0.5) is 5.69 Å². The van der Waals surface area contributed by atoms with Crippen molar-refractivity contribution in [2.24, 2.45) is 0 Å². The molecule has 2 aliphatic heterocycles. The molecule has 3 heterocycles. The van der Waals surface area contributed by atoms with Crippen LogP contribution in [0.15, 0.2) is 152 Å². The van der Waals surface area contributed by atoms with E-state index in [0.717, 1.165) is 16.6 Å². The number of rotatable bonds is 6. The van der Waals surface area contributed by atoms with Crippen LogP contribution < -0.4 is 26.0 Å². The van der Waals surface area contributed by atoms with E-state index in [1.807, 2.05) is 42.4 Å². The summed E-state index contributed by atoms with van der Waals surface area (Å²) in [7, 11) is 2.03. The van der Waals surface area contributed by atoms with E-state index < -0.39 is 5.41 Å². The Morgan fingerprint density at radius 3 is 2.11 bits per heavy atom. The molecule has 226 valence electrons. The van der Waals surface area contributed by atoms with Gasteiger partial charge < -0.3 is 14.5 Å². The number of pyridine rings is 1. The first-order valence-electron chi connectivity index (χ1n) is 15.1. The molecule has 0 N–H and O–H groups in total. The molecule has 0 aliphatic carbocycles. The first kappa shape index (κ1) is 29.8. The normalized spacial score (nSPS) is 14.3. The van der Waals surface area contributed by atoms with E-state index in [1.54, 1.807) is 6.20 Å². The van der Waals surface area contributed by atoms with Crippen molar-refractivity contribution in [3.63, 3.8) is 0 Å². The van der Waals surface area contributed by atoms with Crippen molar-refractivity contribution in [1.29, 1.82) is 0 Å². The minimum Gasteiger partial charge on any atom is -0.510 e. The molecule has 5 aromatic carbocycles. The van der Waals surface area contributed by atoms with Crippen molar-refractivity contribution in [3.05, 3.63) is 193 Å². The maximum absolute atomic E-state index is 6.31. The number of ether oxygens (including phenoxy) is 1. The Balaban J connectivity index is 0.00000338. The van der Waals surface area contributed by atoms with Gasteiger partial charge in [-0.05, 0) is 42.2 Å². The van der Waals surface area contributed by atoms with Crippen molar-refractivity contribution >= 4 is 28.8 Å². The molecule has 6 aromatic rings. The molecule has 46 heavy (non-hydrogen) atoms. The van der Waals surface area contributed by atoms with Crippen LogP contribution in [-0.2, 0) is 26.5 Å². The molecule has 0 atom stereocenters. The summed E-state index contributed by atoms with van der Waals surface area (Å²) < 4.78 is 6.31. The fraction of sp³-hybridized carbons (Fsp3) is 0.0500. The predicted molar refractivity (Wildman–Crippen MR) is 182 cm³/mol. The minimum atomic E-state index is -0.573. The fourth-order valence-electron chi connectivity index (χ4n) is 6.89. The molecule has 4 nitrogen and oxygen atoms in total. The number of hydrogen-bond acceptors (Lipinski definition) is 4. The van der Waals surface area contributed by atoms with Gasteiger partial charge in [-0.1, -0.05) is 96.5 Å². The van der Waals surface area contributed by atoms with Gasteiger partial charge in [-0.25, -0.2) is 4.98 Å². The van der Waals surface area contributed by atoms with E-state index in [-0.39, 0.29) is 27.8 Å². The molecule has 0 unspecified atom stereocenters. The Labute approximate surface area is 285 Å². The average Bonchev–Trinajstić information content (AvgIpc) is 3.54. The summed E-state index contributed by atoms with van der Waals surface area (Å²) in [5, 5.41) is 0. The molecule has 0 radical (unpaired) electrons. The summed E-state index contributed by atoms with van der Waals surface area (Å²) in [5.74, 6) is 1.16. The Bertz CT molecular complexity index is 1960. The van der Waals surface area contributed by atoms with Crippen molar-refractivity contribution < 1.29 is 25.8 Å². The zero-order valence-electron chi connectivity index (χ0n) is 25.2. The third kappa shape index (κ3) is 5.05. The quantitative estimate of drug-likeness (QED) is 0.153. The smallest absolute Gasteiger partial charge is 0.216 e. The molecular weight excluding hydrogens is 744 g/mol. The van der Waals surface area contributed by atoms with Crippen molar-refractivity contribution in [1.82, 2.24) is 9.88 Å². The monoisotopic (exact) mass is 773 g/mol. The van der Waals surface area contributed by atoms with Crippen molar-refractivity contribution in [2.45, 2.75) is 5.41 Å². The van der Waals surface area contributed by atoms with E-state index in [2.05, 4.69) is 144 Å². The van der Waals surface area contributed by atoms with Crippen LogP contribution in [0.5, 0.6) is 11.6 Å². The Hall–Kier alpha value is -4.86. The van der Waals surface area contributed by atoms with Crippen LogP contribution in [0.2, 0.25) is 0 Å². The molecular formula is C40H29BN3OPt-3. The van der Waals surface area contributed by atoms with Crippen molar-refractivity contribution in [3.8, 4) is 11.6 Å². The zero-order chi connectivity index (χ0) is 30.2. The summed E-state index contributed by atoms with van der Waals surface area (Å²) in [6.45, 7) is 1.92. The summed E-state index contributed by atoms with van der Waals surface area (Å²) in [6.07, 6.45) is 5.83. The summed E-state index contributed by atoms with van der Waals surface area (Å²) in [4.78, 5) is 8.55. The number of aromatic nitrogens is 1. The van der Waals surface area contributed by atoms with Crippen LogP contribution in [-0.4, -0.2) is 23.6 Å². The van der Waals surface area contributed by atoms with E-state index in [9.17, 15) is 0 Å². The van der Waals surface area contributed by atoms with Gasteiger partial charge in [0.25, 0.3) is 0 Å². The number of hydrogen-bond donors (Lipinski definition) is 0. The first-order valence-corrected chi connectivity index (χ1v) is 15.1. The van der Waals surface area contributed by atoms with Crippen LogP contribution >= 0.6 is 0 Å². The van der Waals surface area contributed by atoms with Crippen LogP contribution in [0.1, 0.15) is 22.3 Å². The Morgan fingerprint density at radius 1 is 0.696 bits per heavy atom. The van der Waals surface area contributed by atoms with Gasteiger partial charge in [0.1, 0.15) is 0 Å². The SMILES string of the molecule is CN1C=CN(c2[c-]c(B3c4[c-]c(Oc5ccccn5)ccc4C(c4ccccc4)(c4ccccc4)c4ccccc43)ccc2)[CH-]1.[Pt]. The fourth-order valence-corrected chi connectivity index (χ4v) is 6.89. The molecule has 0 amide bonds. The Kier molecular flexibility index (Phi) is 8.11. The van der Waals surface area contributed by atoms with Gasteiger partial charge in [0.15, 0.2) is 6.71 Å². The molecule has 1 aromatic heterocycles. The molecule has 0 saturated heterocycles. The van der Waals surface area contributed by atoms with Crippen LogP contribution in [0.25, 0.3) is 0 Å². The second-order valence-corrected chi connectivity index (χ2v) is 11.4. The van der Waals surface area contributed by atoms with Gasteiger partial charge in [0.05, 0.1) is 0 Å². The number of nitrogens with zero attached hydrogens (tertiary/aromatic N) is 3. The van der Waals surface area contributed by atoms with Crippen LogP contribution in [0.3, 0.4) is 0 Å². The molecule has 0 bridgehead atoms. The third-order valence-corrected chi connectivity index (χ3v) is 8.74. The van der Waals surface area contributed by atoms with Gasteiger partial charge in [-0.3, -0.25) is 0 Å². The zero-order valence-corrected chi connectivity index (χ0v) is 27.4. The largest absolute Gasteiger partial charge is 0.510 e. The molecule has 6 heteroatoms. The molecule has 0 fully saturated rings. The van der Waals surface area contributed by atoms with Gasteiger partial charge in [0.2, 0.25) is 5.88 Å². The van der Waals surface area contributed by atoms with Gasteiger partial charge in [-0.15, -0.1) is 23.4 Å². The second kappa shape index (κ2) is 12.5. The second-order valence-electron chi connectivity index (χ2n) is 11.4. The molecule has 0 saturated carbocycles. The molecule has 2 aliphatic rings. The summed E-state index contributed by atoms with van der Waals surface area (Å²) in [5.41, 5.74) is 8.57. The summed E-state index contributed by atoms with van der Waals surface area (Å²) in [6, 6.07) is 54.4. The number of benzene rings is 5. The van der Waals surface area contributed by atoms with Gasteiger partial charge in [0, 0.05) is 44.5 Å². The molecule has 8 rings (SSSR count). The maximum atomic E-state index is 6.31. The first-order chi connectivity index (χ1) is 22.2. The summed E-state index contributed by atoms with van der Waals surface area (Å²) >= 11 is 0. The van der Waals surface area contributed by atoms with Crippen molar-refractivity contribution in [2.75, 3.05) is 11.9 Å². The van der Waals surface area contributed by atoms with E-state index in [0.29, 0.717) is 11.6 Å². The number of fused-ring (bicyclic) bond motifs is 2. The molecule has 0 spiro atoms. The maximum Gasteiger partial charge on any atom is 0.216 e. The number of anilines is 1. The van der Waals surface area contributed by atoms with E-state index in [4.69, 9.17) is 4.74 Å². The van der Waals surface area contributed by atoms with Crippen LogP contribution in [0, 0.1) is 18.8 Å². The van der Waals surface area contributed by atoms with E-state index >= 15 is 0 Å². The average molecular weight is 774 g/mol.